The minimum Gasteiger partial charge on any atom is -0.388 e. The fourth-order valence-corrected chi connectivity index (χ4v) is 3.09. The molecule has 1 aromatic rings. The lowest BCUT2D eigenvalue weighted by molar-refractivity contribution is 0.0157. The van der Waals surface area contributed by atoms with Gasteiger partial charge in [0.1, 0.15) is 0 Å². The number of likely N-dealkylation sites (N-methyl/N-ethyl adjacent to an activating group) is 1. The van der Waals surface area contributed by atoms with Crippen LogP contribution in [0.1, 0.15) is 41.6 Å². The Balaban J connectivity index is 2.04. The average Bonchev–Trinajstić information content (AvgIpc) is 2.83. The first-order chi connectivity index (χ1) is 9.89. The fourth-order valence-electron chi connectivity index (χ4n) is 3.09. The molecule has 4 nitrogen and oxygen atoms in total. The van der Waals surface area contributed by atoms with Crippen LogP contribution in [0.25, 0.3) is 0 Å². The van der Waals surface area contributed by atoms with E-state index in [2.05, 4.69) is 4.90 Å². The summed E-state index contributed by atoms with van der Waals surface area (Å²) in [6.45, 7) is 1.23. The quantitative estimate of drug-likeness (QED) is 0.903. The Morgan fingerprint density at radius 3 is 2.52 bits per heavy atom. The van der Waals surface area contributed by atoms with Crippen LogP contribution in [0.5, 0.6) is 0 Å². The molecule has 1 N–H and O–H groups in total. The highest BCUT2D eigenvalue weighted by Crippen LogP contribution is 2.30. The minimum absolute atomic E-state index is 0.0177. The van der Waals surface area contributed by atoms with Gasteiger partial charge in [-0.05, 0) is 44.6 Å². The van der Waals surface area contributed by atoms with Crippen molar-refractivity contribution in [3.8, 4) is 0 Å². The number of carbonyl (C=O) groups excluding carboxylic acids is 1. The summed E-state index contributed by atoms with van der Waals surface area (Å²) in [5.41, 5.74) is 1.13. The van der Waals surface area contributed by atoms with E-state index in [-0.39, 0.29) is 5.91 Å². The minimum atomic E-state index is -0.689. The van der Waals surface area contributed by atoms with Crippen molar-refractivity contribution >= 4 is 5.91 Å². The molecule has 0 saturated heterocycles. The normalized spacial score (nSPS) is 17.2. The van der Waals surface area contributed by atoms with Crippen molar-refractivity contribution in [2.75, 3.05) is 27.7 Å². The number of rotatable bonds is 5. The SMILES string of the molecule is CN(C)Cc1cccc(C(=O)N(C)CC2(O)CCCC2)c1. The molecule has 1 aliphatic carbocycles. The van der Waals surface area contributed by atoms with Gasteiger partial charge in [-0.3, -0.25) is 4.79 Å². The molecule has 1 aliphatic rings. The maximum absolute atomic E-state index is 12.5. The van der Waals surface area contributed by atoms with Gasteiger partial charge in [0.25, 0.3) is 5.91 Å². The third-order valence-electron chi connectivity index (χ3n) is 4.09. The highest BCUT2D eigenvalue weighted by Gasteiger charge is 2.33. The molecule has 1 amide bonds. The fraction of sp³-hybridized carbons (Fsp3) is 0.588. The van der Waals surface area contributed by atoms with Crippen molar-refractivity contribution in [1.82, 2.24) is 9.80 Å². The van der Waals surface area contributed by atoms with Gasteiger partial charge >= 0.3 is 0 Å². The van der Waals surface area contributed by atoms with Gasteiger partial charge in [0.2, 0.25) is 0 Å². The lowest BCUT2D eigenvalue weighted by atomic mass is 10.0. The average molecular weight is 290 g/mol. The van der Waals surface area contributed by atoms with E-state index in [1.54, 1.807) is 11.9 Å². The Bertz CT molecular complexity index is 493. The molecular formula is C17H26N2O2. The Morgan fingerprint density at radius 2 is 1.90 bits per heavy atom. The van der Waals surface area contributed by atoms with Crippen molar-refractivity contribution in [3.63, 3.8) is 0 Å². The number of hydrogen-bond acceptors (Lipinski definition) is 3. The van der Waals surface area contributed by atoms with E-state index >= 15 is 0 Å². The third kappa shape index (κ3) is 4.29. The zero-order chi connectivity index (χ0) is 15.5. The van der Waals surface area contributed by atoms with Gasteiger partial charge < -0.3 is 14.9 Å². The molecule has 0 atom stereocenters. The predicted octanol–water partition coefficient (Wildman–Crippen LogP) is 2.13. The van der Waals surface area contributed by atoms with E-state index in [9.17, 15) is 9.90 Å². The molecule has 116 valence electrons. The van der Waals surface area contributed by atoms with Crippen LogP contribution in [0.2, 0.25) is 0 Å². The van der Waals surface area contributed by atoms with E-state index in [0.29, 0.717) is 12.1 Å². The summed E-state index contributed by atoms with van der Waals surface area (Å²) in [6.07, 6.45) is 3.70. The molecule has 1 fully saturated rings. The summed E-state index contributed by atoms with van der Waals surface area (Å²) in [5, 5.41) is 10.4. The number of nitrogens with zero attached hydrogens (tertiary/aromatic N) is 2. The third-order valence-corrected chi connectivity index (χ3v) is 4.09. The Hall–Kier alpha value is -1.39. The molecule has 0 unspecified atom stereocenters. The standard InChI is InChI=1S/C17H26N2O2/c1-18(2)12-14-7-6-8-15(11-14)16(20)19(3)13-17(21)9-4-5-10-17/h6-8,11,21H,4-5,9-10,12-13H2,1-3H3. The molecule has 1 saturated carbocycles. The van der Waals surface area contributed by atoms with Crippen LogP contribution in [0.3, 0.4) is 0 Å². The van der Waals surface area contributed by atoms with E-state index in [4.69, 9.17) is 0 Å². The molecule has 2 rings (SSSR count). The molecule has 4 heteroatoms. The number of benzene rings is 1. The summed E-state index contributed by atoms with van der Waals surface area (Å²) in [4.78, 5) is 16.2. The highest BCUT2D eigenvalue weighted by molar-refractivity contribution is 5.94. The van der Waals surface area contributed by atoms with Gasteiger partial charge in [-0.1, -0.05) is 25.0 Å². The van der Waals surface area contributed by atoms with Gasteiger partial charge in [0.05, 0.1) is 5.60 Å². The Morgan fingerprint density at radius 1 is 1.24 bits per heavy atom. The lowest BCUT2D eigenvalue weighted by Crippen LogP contribution is -2.42. The molecule has 0 aliphatic heterocycles. The Kier molecular flexibility index (Phi) is 5.01. The zero-order valence-electron chi connectivity index (χ0n) is 13.3. The molecule has 0 bridgehead atoms. The maximum Gasteiger partial charge on any atom is 0.253 e. The van der Waals surface area contributed by atoms with Crippen LogP contribution in [0.15, 0.2) is 24.3 Å². The van der Waals surface area contributed by atoms with E-state index < -0.39 is 5.60 Å². The van der Waals surface area contributed by atoms with Crippen LogP contribution in [0.4, 0.5) is 0 Å². The Labute approximate surface area is 127 Å². The van der Waals surface area contributed by atoms with Crippen LogP contribution < -0.4 is 0 Å². The van der Waals surface area contributed by atoms with Gasteiger partial charge in [-0.2, -0.15) is 0 Å². The van der Waals surface area contributed by atoms with Gasteiger partial charge in [0.15, 0.2) is 0 Å². The highest BCUT2D eigenvalue weighted by atomic mass is 16.3. The van der Waals surface area contributed by atoms with Gasteiger partial charge in [0, 0.05) is 25.7 Å². The second-order valence-corrected chi connectivity index (χ2v) is 6.53. The molecule has 0 heterocycles. The molecule has 1 aromatic carbocycles. The number of hydrogen-bond donors (Lipinski definition) is 1. The van der Waals surface area contributed by atoms with Crippen molar-refractivity contribution < 1.29 is 9.90 Å². The maximum atomic E-state index is 12.5. The smallest absolute Gasteiger partial charge is 0.253 e. The van der Waals surface area contributed by atoms with Crippen molar-refractivity contribution in [3.05, 3.63) is 35.4 Å². The first kappa shape index (κ1) is 16.0. The monoisotopic (exact) mass is 290 g/mol. The summed E-state index contributed by atoms with van der Waals surface area (Å²) < 4.78 is 0. The molecule has 0 spiro atoms. The number of amides is 1. The van der Waals surface area contributed by atoms with Crippen LogP contribution in [-0.4, -0.2) is 54.1 Å². The first-order valence-corrected chi connectivity index (χ1v) is 7.61. The molecular weight excluding hydrogens is 264 g/mol. The van der Waals surface area contributed by atoms with E-state index in [1.165, 1.54) is 0 Å². The molecule has 0 radical (unpaired) electrons. The second-order valence-electron chi connectivity index (χ2n) is 6.53. The number of aliphatic hydroxyl groups is 1. The topological polar surface area (TPSA) is 43.8 Å². The van der Waals surface area contributed by atoms with Crippen molar-refractivity contribution in [2.45, 2.75) is 37.8 Å². The summed E-state index contributed by atoms with van der Waals surface area (Å²) in [6, 6.07) is 7.74. The van der Waals surface area contributed by atoms with Crippen LogP contribution in [-0.2, 0) is 6.54 Å². The largest absolute Gasteiger partial charge is 0.388 e. The van der Waals surface area contributed by atoms with Gasteiger partial charge in [-0.15, -0.1) is 0 Å². The summed E-state index contributed by atoms with van der Waals surface area (Å²) in [5.74, 6) is -0.0177. The summed E-state index contributed by atoms with van der Waals surface area (Å²) >= 11 is 0. The number of carbonyl (C=O) groups is 1. The van der Waals surface area contributed by atoms with Crippen LogP contribution in [0, 0.1) is 0 Å². The van der Waals surface area contributed by atoms with E-state index in [1.807, 2.05) is 38.4 Å². The second kappa shape index (κ2) is 6.58. The molecule has 0 aromatic heterocycles. The molecule has 21 heavy (non-hydrogen) atoms. The summed E-state index contributed by atoms with van der Waals surface area (Å²) in [7, 11) is 5.80. The zero-order valence-corrected chi connectivity index (χ0v) is 13.3. The lowest BCUT2D eigenvalue weighted by Gasteiger charge is -2.28. The van der Waals surface area contributed by atoms with Crippen molar-refractivity contribution in [1.29, 1.82) is 0 Å². The van der Waals surface area contributed by atoms with E-state index in [0.717, 1.165) is 37.8 Å². The van der Waals surface area contributed by atoms with Crippen molar-refractivity contribution in [2.24, 2.45) is 0 Å². The first-order valence-electron chi connectivity index (χ1n) is 7.61. The predicted molar refractivity (Wildman–Crippen MR) is 84.2 cm³/mol. The van der Waals surface area contributed by atoms with Crippen LogP contribution >= 0.6 is 0 Å². The van der Waals surface area contributed by atoms with Gasteiger partial charge in [-0.25, -0.2) is 0 Å².